The Morgan fingerprint density at radius 2 is 1.63 bits per heavy atom. The molecule has 0 aromatic heterocycles. The van der Waals surface area contributed by atoms with Crippen LogP contribution in [-0.2, 0) is 0 Å². The lowest BCUT2D eigenvalue weighted by atomic mass is 10.0. The highest BCUT2D eigenvalue weighted by Gasteiger charge is 2.17. The van der Waals surface area contributed by atoms with Gasteiger partial charge in [-0.3, -0.25) is 4.79 Å². The molecular formula is C13H7Cl2F2NO. The number of halogens is 4. The highest BCUT2D eigenvalue weighted by molar-refractivity contribution is 6.35. The minimum Gasteiger partial charge on any atom is -0.398 e. The van der Waals surface area contributed by atoms with E-state index < -0.39 is 17.4 Å². The van der Waals surface area contributed by atoms with Gasteiger partial charge in [-0.25, -0.2) is 8.78 Å². The summed E-state index contributed by atoms with van der Waals surface area (Å²) in [6.45, 7) is 0. The molecular weight excluding hydrogens is 295 g/mol. The topological polar surface area (TPSA) is 43.1 Å². The smallest absolute Gasteiger partial charge is 0.194 e. The number of nitrogens with two attached hydrogens (primary N) is 1. The lowest BCUT2D eigenvalue weighted by Crippen LogP contribution is -2.05. The fourth-order valence-corrected chi connectivity index (χ4v) is 1.89. The Labute approximate surface area is 117 Å². The molecule has 2 nitrogen and oxygen atoms in total. The fraction of sp³-hybridized carbons (Fsp3) is 0. The molecule has 2 rings (SSSR count). The number of ketones is 1. The van der Waals surface area contributed by atoms with Gasteiger partial charge < -0.3 is 5.73 Å². The number of benzene rings is 2. The first kappa shape index (κ1) is 13.8. The predicted octanol–water partition coefficient (Wildman–Crippen LogP) is 4.08. The van der Waals surface area contributed by atoms with Crippen LogP contribution in [-0.4, -0.2) is 5.78 Å². The molecule has 0 aliphatic carbocycles. The van der Waals surface area contributed by atoms with Crippen LogP contribution in [0, 0.1) is 11.6 Å². The van der Waals surface area contributed by atoms with E-state index in [9.17, 15) is 13.6 Å². The van der Waals surface area contributed by atoms with Gasteiger partial charge in [-0.2, -0.15) is 0 Å². The third-order valence-corrected chi connectivity index (χ3v) is 3.17. The van der Waals surface area contributed by atoms with Crippen molar-refractivity contribution in [2.75, 3.05) is 5.73 Å². The Morgan fingerprint density at radius 1 is 1.00 bits per heavy atom. The van der Waals surface area contributed by atoms with Crippen LogP contribution < -0.4 is 5.73 Å². The Balaban J connectivity index is 2.49. The van der Waals surface area contributed by atoms with Crippen LogP contribution in [0.4, 0.5) is 14.5 Å². The normalized spacial score (nSPS) is 10.5. The second-order valence-electron chi connectivity index (χ2n) is 3.81. The molecule has 2 N–H and O–H groups in total. The molecule has 6 heteroatoms. The van der Waals surface area contributed by atoms with Gasteiger partial charge in [0.05, 0.1) is 15.7 Å². The molecule has 0 amide bonds. The summed E-state index contributed by atoms with van der Waals surface area (Å²) in [5, 5.41) is 0.130. The zero-order valence-electron chi connectivity index (χ0n) is 9.38. The Bertz CT molecular complexity index is 674. The summed E-state index contributed by atoms with van der Waals surface area (Å²) in [4.78, 5) is 12.1. The molecule has 0 saturated carbocycles. The van der Waals surface area contributed by atoms with Gasteiger partial charge in [0.15, 0.2) is 17.4 Å². The van der Waals surface area contributed by atoms with E-state index in [-0.39, 0.29) is 21.8 Å². The van der Waals surface area contributed by atoms with E-state index in [1.807, 2.05) is 0 Å². The summed E-state index contributed by atoms with van der Waals surface area (Å²) in [5.74, 6) is -2.82. The third-order valence-electron chi connectivity index (χ3n) is 2.51. The van der Waals surface area contributed by atoms with Crippen molar-refractivity contribution in [1.82, 2.24) is 0 Å². The first-order chi connectivity index (χ1) is 8.90. The van der Waals surface area contributed by atoms with Crippen molar-refractivity contribution in [2.24, 2.45) is 0 Å². The highest BCUT2D eigenvalue weighted by Crippen LogP contribution is 2.25. The minimum absolute atomic E-state index is 0.137. The SMILES string of the molecule is Nc1cc(C(=O)c2cc(F)c(F)cc2Cl)ccc1Cl. The Morgan fingerprint density at radius 3 is 2.26 bits per heavy atom. The maximum atomic E-state index is 13.1. The van der Waals surface area contributed by atoms with Gasteiger partial charge in [0.1, 0.15) is 0 Å². The van der Waals surface area contributed by atoms with E-state index >= 15 is 0 Å². The summed E-state index contributed by atoms with van der Waals surface area (Å²) < 4.78 is 26.1. The monoisotopic (exact) mass is 301 g/mol. The van der Waals surface area contributed by atoms with E-state index in [0.29, 0.717) is 5.02 Å². The fourth-order valence-electron chi connectivity index (χ4n) is 1.54. The zero-order chi connectivity index (χ0) is 14.2. The van der Waals surface area contributed by atoms with E-state index in [0.717, 1.165) is 12.1 Å². The maximum Gasteiger partial charge on any atom is 0.194 e. The highest BCUT2D eigenvalue weighted by atomic mass is 35.5. The summed E-state index contributed by atoms with van der Waals surface area (Å²) >= 11 is 11.5. The van der Waals surface area contributed by atoms with Gasteiger partial charge >= 0.3 is 0 Å². The summed E-state index contributed by atoms with van der Waals surface area (Å²) in [7, 11) is 0. The first-order valence-corrected chi connectivity index (χ1v) is 5.90. The molecule has 0 bridgehead atoms. The third kappa shape index (κ3) is 2.69. The molecule has 0 saturated heterocycles. The summed E-state index contributed by atoms with van der Waals surface area (Å²) in [5.41, 5.74) is 5.84. The van der Waals surface area contributed by atoms with Gasteiger partial charge in [0.25, 0.3) is 0 Å². The van der Waals surface area contributed by atoms with Crippen LogP contribution in [0.25, 0.3) is 0 Å². The molecule has 2 aromatic rings. The summed E-state index contributed by atoms with van der Waals surface area (Å²) in [6.07, 6.45) is 0. The van der Waals surface area contributed by atoms with E-state index in [1.54, 1.807) is 0 Å². The number of rotatable bonds is 2. The van der Waals surface area contributed by atoms with Crippen LogP contribution in [0.3, 0.4) is 0 Å². The summed E-state index contributed by atoms with van der Waals surface area (Å²) in [6, 6.07) is 5.73. The van der Waals surface area contributed by atoms with Gasteiger partial charge in [-0.15, -0.1) is 0 Å². The van der Waals surface area contributed by atoms with Gasteiger partial charge in [-0.05, 0) is 30.3 Å². The van der Waals surface area contributed by atoms with Crippen molar-refractivity contribution in [1.29, 1.82) is 0 Å². The van der Waals surface area contributed by atoms with Gasteiger partial charge in [0, 0.05) is 11.1 Å². The lowest BCUT2D eigenvalue weighted by Gasteiger charge is -2.06. The quantitative estimate of drug-likeness (QED) is 0.516. The Hall–Kier alpha value is -1.65. The Kier molecular flexibility index (Phi) is 3.73. The van der Waals surface area contributed by atoms with Crippen LogP contribution in [0.2, 0.25) is 10.0 Å². The van der Waals surface area contributed by atoms with Gasteiger partial charge in [-0.1, -0.05) is 23.2 Å². The van der Waals surface area contributed by atoms with Crippen molar-refractivity contribution >= 4 is 34.7 Å². The average Bonchev–Trinajstić information content (AvgIpc) is 2.36. The van der Waals surface area contributed by atoms with Crippen molar-refractivity contribution < 1.29 is 13.6 Å². The molecule has 0 unspecified atom stereocenters. The standard InChI is InChI=1S/C13H7Cl2F2NO/c14-8-2-1-6(3-12(8)18)13(19)7-4-10(16)11(17)5-9(7)15/h1-5H,18H2. The largest absolute Gasteiger partial charge is 0.398 e. The number of nitrogen functional groups attached to an aromatic ring is 1. The van der Waals surface area contributed by atoms with Crippen molar-refractivity contribution in [2.45, 2.75) is 0 Å². The van der Waals surface area contributed by atoms with Crippen molar-refractivity contribution in [3.63, 3.8) is 0 Å². The van der Waals surface area contributed by atoms with Gasteiger partial charge in [0.2, 0.25) is 0 Å². The molecule has 19 heavy (non-hydrogen) atoms. The number of carbonyl (C=O) groups is 1. The number of carbonyl (C=O) groups excluding carboxylic acids is 1. The number of hydrogen-bond acceptors (Lipinski definition) is 2. The second-order valence-corrected chi connectivity index (χ2v) is 4.63. The minimum atomic E-state index is -1.14. The molecule has 0 radical (unpaired) electrons. The van der Waals surface area contributed by atoms with Crippen molar-refractivity contribution in [3.05, 3.63) is 63.1 Å². The zero-order valence-corrected chi connectivity index (χ0v) is 10.9. The van der Waals surface area contributed by atoms with Crippen molar-refractivity contribution in [3.8, 4) is 0 Å². The van der Waals surface area contributed by atoms with Crippen LogP contribution in [0.1, 0.15) is 15.9 Å². The van der Waals surface area contributed by atoms with E-state index in [2.05, 4.69) is 0 Å². The van der Waals surface area contributed by atoms with E-state index in [1.165, 1.54) is 18.2 Å². The number of hydrogen-bond donors (Lipinski definition) is 1. The molecule has 0 atom stereocenters. The average molecular weight is 302 g/mol. The van der Waals surface area contributed by atoms with Crippen LogP contribution >= 0.6 is 23.2 Å². The van der Waals surface area contributed by atoms with E-state index in [4.69, 9.17) is 28.9 Å². The predicted molar refractivity (Wildman–Crippen MR) is 70.7 cm³/mol. The molecule has 2 aromatic carbocycles. The molecule has 0 heterocycles. The first-order valence-electron chi connectivity index (χ1n) is 5.14. The number of anilines is 1. The molecule has 0 aliphatic heterocycles. The van der Waals surface area contributed by atoms with Crippen LogP contribution in [0.5, 0.6) is 0 Å². The molecule has 0 aliphatic rings. The lowest BCUT2D eigenvalue weighted by molar-refractivity contribution is 0.103. The molecule has 0 spiro atoms. The van der Waals surface area contributed by atoms with Crippen LogP contribution in [0.15, 0.2) is 30.3 Å². The molecule has 0 fully saturated rings. The second kappa shape index (κ2) is 5.15. The molecule has 98 valence electrons. The maximum absolute atomic E-state index is 13.1.